The zero-order valence-electron chi connectivity index (χ0n) is 13.4. The summed E-state index contributed by atoms with van der Waals surface area (Å²) in [5.74, 6) is 4.02. The van der Waals surface area contributed by atoms with Crippen molar-refractivity contribution in [3.63, 3.8) is 0 Å². The highest BCUT2D eigenvalue weighted by molar-refractivity contribution is 5.70. The van der Waals surface area contributed by atoms with Crippen molar-refractivity contribution in [3.8, 4) is 0 Å². The minimum atomic E-state index is -0.104. The molecule has 2 heteroatoms. The molecule has 3 rings (SSSR count). The summed E-state index contributed by atoms with van der Waals surface area (Å²) in [6.07, 6.45) is 8.92. The van der Waals surface area contributed by atoms with Crippen molar-refractivity contribution in [1.29, 1.82) is 0 Å². The summed E-state index contributed by atoms with van der Waals surface area (Å²) in [6, 6.07) is 0. The van der Waals surface area contributed by atoms with Crippen LogP contribution in [0, 0.1) is 29.6 Å². The van der Waals surface area contributed by atoms with Crippen LogP contribution in [0.25, 0.3) is 0 Å². The number of fused-ring (bicyclic) bond motifs is 2. The number of esters is 1. The lowest BCUT2D eigenvalue weighted by atomic mass is 9.74. The summed E-state index contributed by atoms with van der Waals surface area (Å²) in [5, 5.41) is 0. The molecule has 0 radical (unpaired) electrons. The van der Waals surface area contributed by atoms with Gasteiger partial charge < -0.3 is 4.74 Å². The van der Waals surface area contributed by atoms with E-state index < -0.39 is 0 Å². The first kappa shape index (κ1) is 14.4. The van der Waals surface area contributed by atoms with Gasteiger partial charge in [-0.05, 0) is 74.5 Å². The number of hydrogen-bond acceptors (Lipinski definition) is 2. The fraction of sp³-hybridized carbons (Fsp3) is 0.944. The predicted octanol–water partition coefficient (Wildman–Crippen LogP) is 4.57. The minimum Gasteiger partial charge on any atom is -0.459 e. The Morgan fingerprint density at radius 3 is 2.40 bits per heavy atom. The van der Waals surface area contributed by atoms with Crippen LogP contribution >= 0.6 is 0 Å². The Hall–Kier alpha value is -0.530. The van der Waals surface area contributed by atoms with Crippen LogP contribution in [0.5, 0.6) is 0 Å². The van der Waals surface area contributed by atoms with Crippen molar-refractivity contribution in [3.05, 3.63) is 0 Å². The second-order valence-electron chi connectivity index (χ2n) is 7.80. The van der Waals surface area contributed by atoms with Crippen molar-refractivity contribution < 1.29 is 9.53 Å². The predicted molar refractivity (Wildman–Crippen MR) is 80.2 cm³/mol. The highest BCUT2D eigenvalue weighted by Gasteiger charge is 2.49. The molecule has 5 atom stereocenters. The van der Waals surface area contributed by atoms with Gasteiger partial charge in [0.2, 0.25) is 0 Å². The Kier molecular flexibility index (Phi) is 3.85. The van der Waals surface area contributed by atoms with Gasteiger partial charge in [-0.15, -0.1) is 0 Å². The Balaban J connectivity index is 1.55. The lowest BCUT2D eigenvalue weighted by molar-refractivity contribution is -0.161. The number of ether oxygens (including phenoxy) is 1. The van der Waals surface area contributed by atoms with Crippen LogP contribution in [-0.4, -0.2) is 11.6 Å². The third kappa shape index (κ3) is 2.40. The van der Waals surface area contributed by atoms with E-state index in [9.17, 15) is 4.79 Å². The molecule has 0 heterocycles. The molecule has 3 aliphatic rings. The van der Waals surface area contributed by atoms with E-state index in [1.807, 2.05) is 0 Å². The SMILES string of the molecule is CCC1(OC(=O)CC2CC3CC2C(C)C3C)CCCC1. The van der Waals surface area contributed by atoms with Crippen LogP contribution < -0.4 is 0 Å². The first-order valence-electron chi connectivity index (χ1n) is 8.76. The van der Waals surface area contributed by atoms with Gasteiger partial charge in [0.25, 0.3) is 0 Å². The molecule has 0 aromatic carbocycles. The maximum absolute atomic E-state index is 12.4. The lowest BCUT2D eigenvalue weighted by Gasteiger charge is -2.33. The normalized spacial score (nSPS) is 42.0. The Morgan fingerprint density at radius 2 is 1.85 bits per heavy atom. The summed E-state index contributed by atoms with van der Waals surface area (Å²) >= 11 is 0. The summed E-state index contributed by atoms with van der Waals surface area (Å²) in [4.78, 5) is 12.4. The molecule has 0 spiro atoms. The van der Waals surface area contributed by atoms with Gasteiger partial charge in [-0.25, -0.2) is 0 Å². The number of carbonyl (C=O) groups is 1. The number of rotatable bonds is 4. The van der Waals surface area contributed by atoms with Gasteiger partial charge in [0.15, 0.2) is 0 Å². The molecular weight excluding hydrogens is 248 g/mol. The first-order chi connectivity index (χ1) is 9.54. The van der Waals surface area contributed by atoms with Gasteiger partial charge in [-0.2, -0.15) is 0 Å². The van der Waals surface area contributed by atoms with Gasteiger partial charge in [-0.1, -0.05) is 20.8 Å². The van der Waals surface area contributed by atoms with Crippen molar-refractivity contribution in [2.75, 3.05) is 0 Å². The fourth-order valence-electron chi connectivity index (χ4n) is 5.37. The van der Waals surface area contributed by atoms with Gasteiger partial charge in [0.05, 0.1) is 0 Å². The van der Waals surface area contributed by atoms with Crippen LogP contribution in [0.4, 0.5) is 0 Å². The smallest absolute Gasteiger partial charge is 0.306 e. The molecule has 0 aromatic rings. The van der Waals surface area contributed by atoms with Gasteiger partial charge in [0, 0.05) is 6.42 Å². The molecule has 2 nitrogen and oxygen atoms in total. The highest BCUT2D eigenvalue weighted by atomic mass is 16.6. The Labute approximate surface area is 123 Å². The van der Waals surface area contributed by atoms with E-state index in [0.717, 1.165) is 42.9 Å². The molecule has 0 aliphatic heterocycles. The first-order valence-corrected chi connectivity index (χ1v) is 8.76. The summed E-state index contributed by atoms with van der Waals surface area (Å²) < 4.78 is 5.94. The highest BCUT2D eigenvalue weighted by Crippen LogP contribution is 2.56. The topological polar surface area (TPSA) is 26.3 Å². The standard InChI is InChI=1S/C18H30O2/c1-4-18(7-5-6-8-18)20-17(19)11-15-9-14-10-16(15)13(3)12(14)2/h12-16H,4-11H2,1-3H3. The quantitative estimate of drug-likeness (QED) is 0.704. The van der Waals surface area contributed by atoms with E-state index in [1.54, 1.807) is 0 Å². The zero-order chi connectivity index (χ0) is 14.3. The molecule has 0 amide bonds. The van der Waals surface area contributed by atoms with Crippen molar-refractivity contribution in [1.82, 2.24) is 0 Å². The van der Waals surface area contributed by atoms with Gasteiger partial charge in [0.1, 0.15) is 5.60 Å². The number of carbonyl (C=O) groups excluding carboxylic acids is 1. The Morgan fingerprint density at radius 1 is 1.15 bits per heavy atom. The van der Waals surface area contributed by atoms with Gasteiger partial charge in [-0.3, -0.25) is 4.79 Å². The van der Waals surface area contributed by atoms with Crippen LogP contribution in [0.15, 0.2) is 0 Å². The summed E-state index contributed by atoms with van der Waals surface area (Å²) in [5.41, 5.74) is -0.104. The summed E-state index contributed by atoms with van der Waals surface area (Å²) in [6.45, 7) is 6.95. The number of hydrogen-bond donors (Lipinski definition) is 0. The second-order valence-corrected chi connectivity index (χ2v) is 7.80. The molecule has 5 unspecified atom stereocenters. The average molecular weight is 278 g/mol. The van der Waals surface area contributed by atoms with Crippen LogP contribution in [0.2, 0.25) is 0 Å². The molecule has 20 heavy (non-hydrogen) atoms. The van der Waals surface area contributed by atoms with Crippen molar-refractivity contribution in [2.24, 2.45) is 29.6 Å². The van der Waals surface area contributed by atoms with E-state index >= 15 is 0 Å². The van der Waals surface area contributed by atoms with Crippen molar-refractivity contribution in [2.45, 2.75) is 77.7 Å². The lowest BCUT2D eigenvalue weighted by Crippen LogP contribution is -2.33. The molecule has 0 saturated heterocycles. The largest absolute Gasteiger partial charge is 0.459 e. The minimum absolute atomic E-state index is 0.0890. The average Bonchev–Trinajstić information content (AvgIpc) is 3.09. The van der Waals surface area contributed by atoms with E-state index in [2.05, 4.69) is 20.8 Å². The molecule has 114 valence electrons. The maximum Gasteiger partial charge on any atom is 0.306 e. The van der Waals surface area contributed by atoms with Crippen LogP contribution in [0.1, 0.15) is 72.1 Å². The molecule has 3 saturated carbocycles. The zero-order valence-corrected chi connectivity index (χ0v) is 13.4. The van der Waals surface area contributed by atoms with Crippen LogP contribution in [0.3, 0.4) is 0 Å². The van der Waals surface area contributed by atoms with E-state index in [1.165, 1.54) is 25.7 Å². The Bertz CT molecular complexity index is 368. The maximum atomic E-state index is 12.4. The molecular formula is C18H30O2. The third-order valence-corrected chi connectivity index (χ3v) is 6.95. The van der Waals surface area contributed by atoms with E-state index in [4.69, 9.17) is 4.74 Å². The third-order valence-electron chi connectivity index (χ3n) is 6.95. The molecule has 3 aliphatic carbocycles. The van der Waals surface area contributed by atoms with E-state index in [-0.39, 0.29) is 11.6 Å². The van der Waals surface area contributed by atoms with E-state index in [0.29, 0.717) is 12.3 Å². The molecule has 3 fully saturated rings. The second kappa shape index (κ2) is 5.35. The van der Waals surface area contributed by atoms with Gasteiger partial charge >= 0.3 is 5.97 Å². The molecule has 0 aromatic heterocycles. The summed E-state index contributed by atoms with van der Waals surface area (Å²) in [7, 11) is 0. The monoisotopic (exact) mass is 278 g/mol. The van der Waals surface area contributed by atoms with Crippen molar-refractivity contribution >= 4 is 5.97 Å². The fourth-order valence-corrected chi connectivity index (χ4v) is 5.37. The molecule has 0 N–H and O–H groups in total. The molecule has 2 bridgehead atoms. The van der Waals surface area contributed by atoms with Crippen LogP contribution in [-0.2, 0) is 9.53 Å².